The normalized spacial score (nSPS) is 16.9. The molecule has 2 aromatic heterocycles. The number of carbonyl (C=O) groups excluding carboxylic acids is 4. The zero-order chi connectivity index (χ0) is 40.8. The molecule has 0 radical (unpaired) electrons. The van der Waals surface area contributed by atoms with Gasteiger partial charge in [-0.1, -0.05) is 101 Å². The number of aromatic nitrogens is 2. The molecule has 59 heavy (non-hydrogen) atoms. The Kier molecular flexibility index (Phi) is 12.1. The highest BCUT2D eigenvalue weighted by Gasteiger charge is 2.46. The lowest BCUT2D eigenvalue weighted by Gasteiger charge is -2.44. The Morgan fingerprint density at radius 3 is 2.15 bits per heavy atom. The lowest BCUT2D eigenvalue weighted by atomic mass is 9.77. The first-order chi connectivity index (χ1) is 28.9. The van der Waals surface area contributed by atoms with E-state index in [1.165, 1.54) is 35.1 Å². The molecule has 0 spiro atoms. The maximum Gasteiger partial charge on any atom is 0.379 e. The van der Waals surface area contributed by atoms with E-state index in [2.05, 4.69) is 52.4 Å². The summed E-state index contributed by atoms with van der Waals surface area (Å²) < 4.78 is 1.80. The molecule has 13 nitrogen and oxygen atoms in total. The summed E-state index contributed by atoms with van der Waals surface area (Å²) in [5.41, 5.74) is 5.08. The van der Waals surface area contributed by atoms with Crippen molar-refractivity contribution in [2.45, 2.75) is 41.5 Å². The monoisotopic (exact) mass is 846 g/mol. The lowest BCUT2D eigenvalue weighted by molar-refractivity contribution is -0.684. The van der Waals surface area contributed by atoms with Gasteiger partial charge >= 0.3 is 11.9 Å². The maximum atomic E-state index is 13.7. The Morgan fingerprint density at radius 1 is 0.915 bits per heavy atom. The van der Waals surface area contributed by atoms with Crippen molar-refractivity contribution in [3.63, 3.8) is 0 Å². The number of benzene rings is 3. The Balaban J connectivity index is 0.995. The van der Waals surface area contributed by atoms with Gasteiger partial charge in [-0.2, -0.15) is 5.48 Å². The van der Waals surface area contributed by atoms with Gasteiger partial charge in [-0.15, -0.1) is 39.9 Å². The lowest BCUT2D eigenvalue weighted by Crippen LogP contribution is -2.62. The molecule has 2 saturated heterocycles. The summed E-state index contributed by atoms with van der Waals surface area (Å²) in [4.78, 5) is 70.2. The number of rotatable bonds is 13. The number of piperidine rings is 1. The van der Waals surface area contributed by atoms with Crippen molar-refractivity contribution in [1.82, 2.24) is 15.4 Å². The van der Waals surface area contributed by atoms with Crippen LogP contribution >= 0.6 is 34.9 Å². The number of amides is 3. The van der Waals surface area contributed by atoms with Crippen LogP contribution in [-0.2, 0) is 34.4 Å². The fourth-order valence-electron chi connectivity index (χ4n) is 7.31. The number of carbonyl (C=O) groups is 4. The van der Waals surface area contributed by atoms with Crippen molar-refractivity contribution in [3.8, 4) is 0 Å². The van der Waals surface area contributed by atoms with Gasteiger partial charge in [0.15, 0.2) is 10.8 Å². The fourth-order valence-corrected chi connectivity index (χ4v) is 10.4. The number of thioether (sulfide) groups is 2. The van der Waals surface area contributed by atoms with Crippen LogP contribution in [0.5, 0.6) is 0 Å². The highest BCUT2D eigenvalue weighted by Crippen LogP contribution is 2.42. The van der Waals surface area contributed by atoms with E-state index in [0.29, 0.717) is 41.6 Å². The van der Waals surface area contributed by atoms with Gasteiger partial charge in [-0.3, -0.25) is 19.3 Å². The molecular formula is C43H40N7O6S3+. The number of thiazole rings is 1. The number of β-lactam (4-membered cyclic amide) rings is 1. The molecule has 8 rings (SSSR count). The number of oxime groups is 1. The van der Waals surface area contributed by atoms with Crippen molar-refractivity contribution in [2.75, 3.05) is 35.5 Å². The molecule has 3 aliphatic heterocycles. The predicted octanol–water partition coefficient (Wildman–Crippen LogP) is 5.76. The molecule has 5 heterocycles. The average Bonchev–Trinajstić information content (AvgIpc) is 3.74. The Labute approximate surface area is 353 Å². The minimum absolute atomic E-state index is 0.0940. The third kappa shape index (κ3) is 8.33. The standard InChI is InChI=1S/C43H39N7O6S3/c1-55-46-38(34-28-59-42(44-34)45-43(30-13-5-2-6-14-30,31-15-7-3-8-16-31)32-17-9-4-10-18-32)40(53)47-56-41(54)39-29(27-58-37-25-36(52)50(37)39)26-57-33-20-23-48(24-21-33)49-22-12-11-19-35(49)51/h2-10,13-18,20-21,23-24,28,37H,11-12,19,22,25-27H2,1H3,(H-,44,45,47,53)/p+1/b46-38-/t37-/m0/s1. The van der Waals surface area contributed by atoms with Gasteiger partial charge in [0, 0.05) is 40.3 Å². The Hall–Kier alpha value is -5.97. The van der Waals surface area contributed by atoms with Crippen LogP contribution in [0.2, 0.25) is 0 Å². The molecule has 0 saturated carbocycles. The smallest absolute Gasteiger partial charge is 0.379 e. The second-order valence-electron chi connectivity index (χ2n) is 13.8. The summed E-state index contributed by atoms with van der Waals surface area (Å²) in [6, 6.07) is 34.0. The quantitative estimate of drug-likeness (QED) is 0.0375. The van der Waals surface area contributed by atoms with Gasteiger partial charge in [0.2, 0.25) is 18.3 Å². The summed E-state index contributed by atoms with van der Waals surface area (Å²) in [6.45, 7) is 0.673. The molecule has 0 bridgehead atoms. The molecule has 3 aliphatic rings. The van der Waals surface area contributed by atoms with Crippen molar-refractivity contribution < 1.29 is 33.5 Å². The molecule has 16 heteroatoms. The van der Waals surface area contributed by atoms with Crippen LogP contribution in [0, 0.1) is 0 Å². The number of hydrogen-bond donors (Lipinski definition) is 2. The van der Waals surface area contributed by atoms with Gasteiger partial charge in [0.25, 0.3) is 5.91 Å². The number of hydrogen-bond acceptors (Lipinski definition) is 12. The van der Waals surface area contributed by atoms with Crippen LogP contribution < -0.4 is 20.5 Å². The molecule has 5 aromatic rings. The summed E-state index contributed by atoms with van der Waals surface area (Å²) in [7, 11) is 1.31. The molecule has 2 fully saturated rings. The zero-order valence-corrected chi connectivity index (χ0v) is 34.4. The highest BCUT2D eigenvalue weighted by molar-refractivity contribution is 8.01. The molecule has 0 unspecified atom stereocenters. The van der Waals surface area contributed by atoms with Crippen molar-refractivity contribution in [2.24, 2.45) is 5.16 Å². The van der Waals surface area contributed by atoms with Gasteiger partial charge in [-0.05, 0) is 35.1 Å². The molecule has 300 valence electrons. The Bertz CT molecular complexity index is 2300. The van der Waals surface area contributed by atoms with Gasteiger partial charge in [0.05, 0.1) is 18.3 Å². The van der Waals surface area contributed by atoms with E-state index < -0.39 is 17.4 Å². The largest absolute Gasteiger partial charge is 0.398 e. The van der Waals surface area contributed by atoms with Crippen molar-refractivity contribution in [3.05, 3.63) is 155 Å². The number of nitrogens with one attached hydrogen (secondary N) is 2. The van der Waals surface area contributed by atoms with E-state index in [1.807, 2.05) is 79.1 Å². The number of hydroxylamine groups is 1. The molecule has 3 amide bonds. The van der Waals surface area contributed by atoms with E-state index in [4.69, 9.17) is 14.7 Å². The van der Waals surface area contributed by atoms with Crippen LogP contribution in [0.15, 0.2) is 142 Å². The van der Waals surface area contributed by atoms with Crippen LogP contribution in [-0.4, -0.2) is 69.8 Å². The zero-order valence-electron chi connectivity index (χ0n) is 32.0. The second kappa shape index (κ2) is 17.9. The SMILES string of the molecule is CO/N=C(\C(=O)NOC(=O)C1=C(CSc2cc[n+](N3CCCCC3=O)cc2)CS[C@H]2CC(=O)N12)c1csc(NC(c2ccccc2)(c2ccccc2)c2ccccc2)n1. The van der Waals surface area contributed by atoms with Gasteiger partial charge < -0.3 is 15.0 Å². The summed E-state index contributed by atoms with van der Waals surface area (Å²) >= 11 is 4.36. The van der Waals surface area contributed by atoms with E-state index >= 15 is 0 Å². The minimum Gasteiger partial charge on any atom is -0.398 e. The van der Waals surface area contributed by atoms with Crippen LogP contribution in [0.25, 0.3) is 0 Å². The number of anilines is 1. The van der Waals surface area contributed by atoms with E-state index in [0.717, 1.165) is 34.4 Å². The van der Waals surface area contributed by atoms with Crippen molar-refractivity contribution in [1.29, 1.82) is 0 Å². The fraction of sp³-hybridized carbons (Fsp3) is 0.233. The number of pyridine rings is 1. The highest BCUT2D eigenvalue weighted by atomic mass is 32.2. The van der Waals surface area contributed by atoms with Crippen molar-refractivity contribution >= 4 is 69.4 Å². The minimum atomic E-state index is -0.865. The molecule has 0 aliphatic carbocycles. The summed E-state index contributed by atoms with van der Waals surface area (Å²) in [6.07, 6.45) is 6.41. The van der Waals surface area contributed by atoms with E-state index in [9.17, 15) is 19.2 Å². The first-order valence-electron chi connectivity index (χ1n) is 19.0. The first kappa shape index (κ1) is 39.8. The van der Waals surface area contributed by atoms with Crippen LogP contribution in [0.4, 0.5) is 5.13 Å². The molecule has 1 atom stereocenters. The summed E-state index contributed by atoms with van der Waals surface area (Å²) in [5, 5.41) is 11.4. The molecule has 3 aromatic carbocycles. The predicted molar refractivity (Wildman–Crippen MR) is 227 cm³/mol. The van der Waals surface area contributed by atoms with E-state index in [1.54, 1.807) is 26.8 Å². The number of fused-ring (bicyclic) bond motifs is 1. The average molecular weight is 847 g/mol. The third-order valence-corrected chi connectivity index (χ3v) is 13.3. The van der Waals surface area contributed by atoms with Gasteiger partial charge in [-0.25, -0.2) is 9.78 Å². The van der Waals surface area contributed by atoms with Gasteiger partial charge in [0.1, 0.15) is 24.0 Å². The maximum absolute atomic E-state index is 13.7. The first-order valence-corrected chi connectivity index (χ1v) is 21.9. The van der Waals surface area contributed by atoms with Crippen LogP contribution in [0.3, 0.4) is 0 Å². The van der Waals surface area contributed by atoms with Crippen LogP contribution in [0.1, 0.15) is 48.1 Å². The summed E-state index contributed by atoms with van der Waals surface area (Å²) in [5.74, 6) is -0.923. The Morgan fingerprint density at radius 2 is 1.56 bits per heavy atom. The number of nitrogens with zero attached hydrogens (tertiary/aromatic N) is 5. The molecule has 2 N–H and O–H groups in total. The van der Waals surface area contributed by atoms with E-state index in [-0.39, 0.29) is 34.3 Å². The molecular weight excluding hydrogens is 807 g/mol. The second-order valence-corrected chi connectivity index (χ2v) is 16.9. The topological polar surface area (TPSA) is 146 Å². The third-order valence-electron chi connectivity index (χ3n) is 10.2.